The topological polar surface area (TPSA) is 112 Å². The van der Waals surface area contributed by atoms with Crippen molar-refractivity contribution in [3.63, 3.8) is 0 Å². The van der Waals surface area contributed by atoms with Crippen molar-refractivity contribution in [2.24, 2.45) is 0 Å². The number of carboxylic acids is 3. The molecule has 32 heavy (non-hydrogen) atoms. The van der Waals surface area contributed by atoms with Gasteiger partial charge >= 0.3 is 17.9 Å². The molecular weight excluding hydrogens is 408 g/mol. The second-order valence-corrected chi connectivity index (χ2v) is 6.52. The number of aryl methyl sites for hydroxylation is 1. The Morgan fingerprint density at radius 3 is 1.53 bits per heavy atom. The third kappa shape index (κ3) is 13.9. The van der Waals surface area contributed by atoms with Crippen molar-refractivity contribution in [2.75, 3.05) is 0 Å². The second kappa shape index (κ2) is 15.6. The summed E-state index contributed by atoms with van der Waals surface area (Å²) in [5.41, 5.74) is 2.82. The Labute approximate surface area is 187 Å². The maximum Gasteiger partial charge on any atom is 0.328 e. The Hall–Kier alpha value is -4.19. The van der Waals surface area contributed by atoms with Gasteiger partial charge in [0.15, 0.2) is 0 Å². The SMILES string of the molecule is O=C(O)/C=C/c1ccccc1.O=C(O)CCc1ccccc1.O=C(O)Cc1ccccc1. The van der Waals surface area contributed by atoms with Crippen molar-refractivity contribution in [1.29, 1.82) is 0 Å². The monoisotopic (exact) mass is 434 g/mol. The molecule has 0 bridgehead atoms. The van der Waals surface area contributed by atoms with Gasteiger partial charge in [0.2, 0.25) is 0 Å². The lowest BCUT2D eigenvalue weighted by molar-refractivity contribution is -0.137. The second-order valence-electron chi connectivity index (χ2n) is 6.52. The van der Waals surface area contributed by atoms with E-state index < -0.39 is 17.9 Å². The molecule has 0 aliphatic rings. The molecule has 0 heterocycles. The summed E-state index contributed by atoms with van der Waals surface area (Å²) in [7, 11) is 0. The van der Waals surface area contributed by atoms with Crippen LogP contribution in [0.4, 0.5) is 0 Å². The van der Waals surface area contributed by atoms with Crippen molar-refractivity contribution in [3.8, 4) is 0 Å². The number of rotatable bonds is 7. The Bertz CT molecular complexity index is 967. The van der Waals surface area contributed by atoms with Crippen LogP contribution < -0.4 is 0 Å². The van der Waals surface area contributed by atoms with E-state index in [1.807, 2.05) is 78.9 Å². The van der Waals surface area contributed by atoms with E-state index >= 15 is 0 Å². The number of carboxylic acid groups (broad SMARTS) is 3. The molecule has 3 N–H and O–H groups in total. The smallest absolute Gasteiger partial charge is 0.328 e. The zero-order chi connectivity index (χ0) is 23.6. The standard InChI is InChI=1S/C9H10O2.C9H8O2.C8H8O2/c2*10-9(11)7-6-8-4-2-1-3-5-8;9-8(10)6-7-4-2-1-3-5-7/h1-5H,6-7H2,(H,10,11);1-7H,(H,10,11);1-5H,6H2,(H,9,10)/b;7-6+;. The molecule has 0 amide bonds. The molecular formula is C26H26O6. The van der Waals surface area contributed by atoms with Crippen LogP contribution in [0, 0.1) is 0 Å². The maximum atomic E-state index is 10.2. The summed E-state index contributed by atoms with van der Waals surface area (Å²) in [6.45, 7) is 0. The van der Waals surface area contributed by atoms with E-state index in [0.29, 0.717) is 6.42 Å². The van der Waals surface area contributed by atoms with Crippen LogP contribution in [0.5, 0.6) is 0 Å². The summed E-state index contributed by atoms with van der Waals surface area (Å²) in [5, 5.41) is 25.0. The van der Waals surface area contributed by atoms with Crippen LogP contribution in [0.1, 0.15) is 23.1 Å². The highest BCUT2D eigenvalue weighted by atomic mass is 16.4. The molecule has 0 fully saturated rings. The maximum absolute atomic E-state index is 10.2. The van der Waals surface area contributed by atoms with Crippen molar-refractivity contribution in [3.05, 3.63) is 114 Å². The van der Waals surface area contributed by atoms with E-state index in [4.69, 9.17) is 15.3 Å². The van der Waals surface area contributed by atoms with Crippen LogP contribution in [0.15, 0.2) is 97.1 Å². The van der Waals surface area contributed by atoms with E-state index in [9.17, 15) is 14.4 Å². The highest BCUT2D eigenvalue weighted by molar-refractivity contribution is 5.85. The molecule has 6 heteroatoms. The fourth-order valence-electron chi connectivity index (χ4n) is 2.40. The van der Waals surface area contributed by atoms with Gasteiger partial charge in [-0.1, -0.05) is 91.0 Å². The van der Waals surface area contributed by atoms with Crippen LogP contribution in [0.2, 0.25) is 0 Å². The molecule has 0 unspecified atom stereocenters. The van der Waals surface area contributed by atoms with E-state index in [2.05, 4.69) is 0 Å². The third-order valence-corrected chi connectivity index (χ3v) is 3.89. The van der Waals surface area contributed by atoms with Gasteiger partial charge in [0.05, 0.1) is 6.42 Å². The molecule has 166 valence electrons. The van der Waals surface area contributed by atoms with Crippen LogP contribution in [-0.2, 0) is 27.2 Å². The van der Waals surface area contributed by atoms with Gasteiger partial charge in [-0.05, 0) is 29.2 Å². The molecule has 3 rings (SSSR count). The Morgan fingerprint density at radius 2 is 1.09 bits per heavy atom. The van der Waals surface area contributed by atoms with Gasteiger partial charge in [-0.2, -0.15) is 0 Å². The fourth-order valence-corrected chi connectivity index (χ4v) is 2.40. The predicted molar refractivity (Wildman–Crippen MR) is 123 cm³/mol. The van der Waals surface area contributed by atoms with Gasteiger partial charge in [0.25, 0.3) is 0 Å². The van der Waals surface area contributed by atoms with Gasteiger partial charge in [-0.25, -0.2) is 4.79 Å². The Kier molecular flexibility index (Phi) is 12.6. The number of aliphatic carboxylic acids is 3. The Balaban J connectivity index is 0.000000240. The van der Waals surface area contributed by atoms with Crippen molar-refractivity contribution < 1.29 is 29.7 Å². The predicted octanol–water partition coefficient (Wildman–Crippen LogP) is 4.80. The number of benzene rings is 3. The first-order valence-electron chi connectivity index (χ1n) is 9.84. The molecule has 0 aliphatic heterocycles. The molecule has 3 aromatic carbocycles. The van der Waals surface area contributed by atoms with Crippen LogP contribution >= 0.6 is 0 Å². The van der Waals surface area contributed by atoms with Gasteiger partial charge in [0.1, 0.15) is 0 Å². The quantitative estimate of drug-likeness (QED) is 0.461. The lowest BCUT2D eigenvalue weighted by Gasteiger charge is -1.95. The van der Waals surface area contributed by atoms with Gasteiger partial charge in [-0.15, -0.1) is 0 Å². The minimum Gasteiger partial charge on any atom is -0.481 e. The van der Waals surface area contributed by atoms with Gasteiger partial charge < -0.3 is 15.3 Å². The summed E-state index contributed by atoms with van der Waals surface area (Å²) < 4.78 is 0. The first-order valence-corrected chi connectivity index (χ1v) is 9.84. The zero-order valence-corrected chi connectivity index (χ0v) is 17.5. The molecule has 0 radical (unpaired) electrons. The highest BCUT2D eigenvalue weighted by Gasteiger charge is 1.97. The van der Waals surface area contributed by atoms with E-state index in [-0.39, 0.29) is 12.8 Å². The minimum absolute atomic E-state index is 0.112. The fraction of sp³-hybridized carbons (Fsp3) is 0.115. The first-order chi connectivity index (χ1) is 15.4. The molecule has 0 aliphatic carbocycles. The summed E-state index contributed by atoms with van der Waals surface area (Å²) in [4.78, 5) is 30.4. The first kappa shape index (κ1) is 25.8. The lowest BCUT2D eigenvalue weighted by Crippen LogP contribution is -1.98. The van der Waals surface area contributed by atoms with Crippen molar-refractivity contribution >= 4 is 24.0 Å². The van der Waals surface area contributed by atoms with Gasteiger partial charge in [0, 0.05) is 12.5 Å². The van der Waals surface area contributed by atoms with Crippen molar-refractivity contribution in [1.82, 2.24) is 0 Å². The molecule has 0 spiro atoms. The minimum atomic E-state index is -0.922. The normalized spacial score (nSPS) is 9.62. The molecule has 0 atom stereocenters. The lowest BCUT2D eigenvalue weighted by atomic mass is 10.1. The summed E-state index contributed by atoms with van der Waals surface area (Å²) >= 11 is 0. The van der Waals surface area contributed by atoms with Crippen LogP contribution in [-0.4, -0.2) is 33.2 Å². The van der Waals surface area contributed by atoms with Crippen molar-refractivity contribution in [2.45, 2.75) is 19.3 Å². The largest absolute Gasteiger partial charge is 0.481 e. The summed E-state index contributed by atoms with van der Waals surface area (Å²) in [6.07, 6.45) is 3.62. The average Bonchev–Trinajstić information content (AvgIpc) is 2.79. The van der Waals surface area contributed by atoms with Crippen LogP contribution in [0.3, 0.4) is 0 Å². The zero-order valence-electron chi connectivity index (χ0n) is 17.5. The van der Waals surface area contributed by atoms with E-state index in [1.54, 1.807) is 18.2 Å². The molecule has 6 nitrogen and oxygen atoms in total. The van der Waals surface area contributed by atoms with E-state index in [0.717, 1.165) is 22.8 Å². The number of carbonyl (C=O) groups is 3. The highest BCUT2D eigenvalue weighted by Crippen LogP contribution is 2.02. The Morgan fingerprint density at radius 1 is 0.625 bits per heavy atom. The summed E-state index contributed by atoms with van der Waals surface area (Å²) in [6, 6.07) is 28.1. The van der Waals surface area contributed by atoms with Gasteiger partial charge in [-0.3, -0.25) is 9.59 Å². The molecule has 3 aromatic rings. The average molecular weight is 434 g/mol. The summed E-state index contributed by atoms with van der Waals surface area (Å²) in [5.74, 6) is -2.45. The third-order valence-electron chi connectivity index (χ3n) is 3.89. The molecule has 0 saturated heterocycles. The number of hydrogen-bond acceptors (Lipinski definition) is 3. The molecule has 0 saturated carbocycles. The van der Waals surface area contributed by atoms with Crippen LogP contribution in [0.25, 0.3) is 6.08 Å². The molecule has 0 aromatic heterocycles. The number of hydrogen-bond donors (Lipinski definition) is 3. The van der Waals surface area contributed by atoms with E-state index in [1.165, 1.54) is 0 Å².